The molecule has 1 aromatic carbocycles. The number of rotatable bonds is 6. The number of carboxylic acid groups (broad SMARTS) is 1. The highest BCUT2D eigenvalue weighted by molar-refractivity contribution is 5.98. The number of hydrogen-bond donors (Lipinski definition) is 1. The molecule has 0 saturated carbocycles. The van der Waals surface area contributed by atoms with Crippen LogP contribution in [0.2, 0.25) is 0 Å². The van der Waals surface area contributed by atoms with Gasteiger partial charge in [0, 0.05) is 11.8 Å². The Kier molecular flexibility index (Phi) is 4.55. The molecule has 0 saturated heterocycles. The van der Waals surface area contributed by atoms with Crippen molar-refractivity contribution in [1.29, 1.82) is 0 Å². The van der Waals surface area contributed by atoms with Crippen LogP contribution in [0.4, 0.5) is 5.69 Å². The number of aliphatic carboxylic acids is 1. The lowest BCUT2D eigenvalue weighted by Crippen LogP contribution is -2.38. The van der Waals surface area contributed by atoms with E-state index in [1.165, 1.54) is 6.07 Å². The predicted octanol–water partition coefficient (Wildman–Crippen LogP) is 1.48. The molecular weight excluding hydrogens is 276 g/mol. The van der Waals surface area contributed by atoms with Crippen molar-refractivity contribution in [2.75, 3.05) is 18.1 Å². The quantitative estimate of drug-likeness (QED) is 0.866. The average Bonchev–Trinajstić information content (AvgIpc) is 2.88. The highest BCUT2D eigenvalue weighted by Crippen LogP contribution is 2.14. The molecule has 0 bridgehead atoms. The highest BCUT2D eigenvalue weighted by atomic mass is 16.5. The van der Waals surface area contributed by atoms with Crippen molar-refractivity contribution in [1.82, 2.24) is 5.16 Å². The van der Waals surface area contributed by atoms with Crippen molar-refractivity contribution in [2.24, 2.45) is 0 Å². The van der Waals surface area contributed by atoms with E-state index < -0.39 is 18.4 Å². The van der Waals surface area contributed by atoms with E-state index in [-0.39, 0.29) is 12.5 Å². The summed E-state index contributed by atoms with van der Waals surface area (Å²) in [6.45, 7) is 0.931. The Bertz CT molecular complexity index is 623. The molecule has 0 spiro atoms. The van der Waals surface area contributed by atoms with Crippen molar-refractivity contribution in [2.45, 2.75) is 6.92 Å². The average molecular weight is 290 g/mol. The lowest BCUT2D eigenvalue weighted by Gasteiger charge is -2.20. The Labute approximate surface area is 120 Å². The second-order valence-corrected chi connectivity index (χ2v) is 4.27. The normalized spacial score (nSPS) is 10.1. The smallest absolute Gasteiger partial charge is 0.323 e. The molecule has 2 aromatic rings. The minimum Gasteiger partial charge on any atom is -0.480 e. The van der Waals surface area contributed by atoms with Gasteiger partial charge in [-0.2, -0.15) is 0 Å². The summed E-state index contributed by atoms with van der Waals surface area (Å²) in [5.74, 6) is -0.846. The molecule has 0 aliphatic heterocycles. The van der Waals surface area contributed by atoms with E-state index in [0.717, 1.165) is 4.90 Å². The van der Waals surface area contributed by atoms with Crippen LogP contribution in [-0.4, -0.2) is 35.3 Å². The van der Waals surface area contributed by atoms with E-state index in [1.807, 2.05) is 0 Å². The van der Waals surface area contributed by atoms with Gasteiger partial charge >= 0.3 is 5.97 Å². The van der Waals surface area contributed by atoms with Gasteiger partial charge in [-0.3, -0.25) is 14.5 Å². The second kappa shape index (κ2) is 6.56. The van der Waals surface area contributed by atoms with Gasteiger partial charge in [0.25, 0.3) is 11.8 Å². The summed E-state index contributed by atoms with van der Waals surface area (Å²) in [5.41, 5.74) is 0.491. The van der Waals surface area contributed by atoms with Crippen molar-refractivity contribution in [3.05, 3.63) is 42.2 Å². The fourth-order valence-corrected chi connectivity index (χ4v) is 1.69. The molecule has 0 aliphatic rings. The molecule has 0 radical (unpaired) electrons. The molecule has 1 aromatic heterocycles. The summed E-state index contributed by atoms with van der Waals surface area (Å²) in [5, 5.41) is 12.5. The maximum absolute atomic E-state index is 12.1. The van der Waals surface area contributed by atoms with Gasteiger partial charge in [-0.15, -0.1) is 0 Å². The standard InChI is InChI=1S/C14H14N2O5/c1-10-7-12(15-21-10)20-9-13(17)16(8-14(18)19)11-5-3-2-4-6-11/h2-7H,8-9H2,1H3,(H,18,19). The number of aryl methyl sites for hydroxylation is 1. The van der Waals surface area contributed by atoms with Gasteiger partial charge in [-0.25, -0.2) is 0 Å². The van der Waals surface area contributed by atoms with Gasteiger partial charge in [0.1, 0.15) is 12.3 Å². The minimum absolute atomic E-state index is 0.184. The predicted molar refractivity (Wildman–Crippen MR) is 73.2 cm³/mol. The summed E-state index contributed by atoms with van der Waals surface area (Å²) in [4.78, 5) is 24.2. The molecule has 0 aliphatic carbocycles. The van der Waals surface area contributed by atoms with E-state index in [0.29, 0.717) is 11.4 Å². The van der Waals surface area contributed by atoms with Crippen LogP contribution in [0.25, 0.3) is 0 Å². The van der Waals surface area contributed by atoms with Crippen molar-refractivity contribution >= 4 is 17.6 Å². The fourth-order valence-electron chi connectivity index (χ4n) is 1.69. The van der Waals surface area contributed by atoms with Crippen LogP contribution in [0.1, 0.15) is 5.76 Å². The van der Waals surface area contributed by atoms with E-state index >= 15 is 0 Å². The zero-order chi connectivity index (χ0) is 15.2. The van der Waals surface area contributed by atoms with Gasteiger partial charge in [0.05, 0.1) is 0 Å². The Morgan fingerprint density at radius 3 is 2.62 bits per heavy atom. The van der Waals surface area contributed by atoms with E-state index in [9.17, 15) is 9.59 Å². The van der Waals surface area contributed by atoms with Gasteiger partial charge in [0.15, 0.2) is 6.61 Å². The van der Waals surface area contributed by atoms with E-state index in [4.69, 9.17) is 14.4 Å². The number of carboxylic acids is 1. The van der Waals surface area contributed by atoms with Gasteiger partial charge < -0.3 is 14.4 Å². The molecule has 0 fully saturated rings. The summed E-state index contributed by atoms with van der Waals surface area (Å²) < 4.78 is 10.00. The summed E-state index contributed by atoms with van der Waals surface area (Å²) in [7, 11) is 0. The SMILES string of the molecule is Cc1cc(OCC(=O)N(CC(=O)O)c2ccccc2)no1. The zero-order valence-electron chi connectivity index (χ0n) is 11.4. The number of benzene rings is 1. The highest BCUT2D eigenvalue weighted by Gasteiger charge is 2.19. The van der Waals surface area contributed by atoms with Crippen molar-refractivity contribution < 1.29 is 24.0 Å². The fraction of sp³-hybridized carbons (Fsp3) is 0.214. The second-order valence-electron chi connectivity index (χ2n) is 4.27. The summed E-state index contributed by atoms with van der Waals surface area (Å²) in [6, 6.07) is 10.1. The molecule has 1 amide bonds. The van der Waals surface area contributed by atoms with Crippen molar-refractivity contribution in [3.8, 4) is 5.88 Å². The lowest BCUT2D eigenvalue weighted by atomic mass is 10.3. The molecule has 2 rings (SSSR count). The topological polar surface area (TPSA) is 92.9 Å². The number of nitrogens with zero attached hydrogens (tertiary/aromatic N) is 2. The lowest BCUT2D eigenvalue weighted by molar-refractivity contribution is -0.136. The molecule has 1 N–H and O–H groups in total. The van der Waals surface area contributed by atoms with Crippen LogP contribution in [0, 0.1) is 6.92 Å². The number of ether oxygens (including phenoxy) is 1. The number of amides is 1. The number of para-hydroxylation sites is 1. The summed E-state index contributed by atoms with van der Waals surface area (Å²) in [6.07, 6.45) is 0. The molecule has 1 heterocycles. The van der Waals surface area contributed by atoms with Crippen LogP contribution in [0.15, 0.2) is 40.9 Å². The first kappa shape index (κ1) is 14.6. The number of aromatic nitrogens is 1. The van der Waals surface area contributed by atoms with Gasteiger partial charge in [0.2, 0.25) is 0 Å². The van der Waals surface area contributed by atoms with Crippen LogP contribution in [-0.2, 0) is 9.59 Å². The van der Waals surface area contributed by atoms with Crippen LogP contribution in [0.5, 0.6) is 5.88 Å². The van der Waals surface area contributed by atoms with Crippen LogP contribution >= 0.6 is 0 Å². The molecule has 21 heavy (non-hydrogen) atoms. The third-order valence-corrected chi connectivity index (χ3v) is 2.61. The molecule has 7 nitrogen and oxygen atoms in total. The number of carbonyl (C=O) groups excluding carboxylic acids is 1. The Morgan fingerprint density at radius 2 is 2.05 bits per heavy atom. The van der Waals surface area contributed by atoms with Crippen LogP contribution in [0.3, 0.4) is 0 Å². The largest absolute Gasteiger partial charge is 0.480 e. The number of anilines is 1. The number of carbonyl (C=O) groups is 2. The zero-order valence-corrected chi connectivity index (χ0v) is 11.4. The first-order chi connectivity index (χ1) is 10.1. The van der Waals surface area contributed by atoms with Crippen molar-refractivity contribution in [3.63, 3.8) is 0 Å². The Balaban J connectivity index is 2.05. The molecule has 7 heteroatoms. The first-order valence-electron chi connectivity index (χ1n) is 6.19. The molecular formula is C14H14N2O5. The first-order valence-corrected chi connectivity index (χ1v) is 6.19. The number of hydrogen-bond acceptors (Lipinski definition) is 5. The molecule has 0 unspecified atom stereocenters. The van der Waals surface area contributed by atoms with E-state index in [2.05, 4.69) is 5.16 Å². The maximum atomic E-state index is 12.1. The monoisotopic (exact) mass is 290 g/mol. The maximum Gasteiger partial charge on any atom is 0.323 e. The van der Waals surface area contributed by atoms with Gasteiger partial charge in [-0.1, -0.05) is 18.2 Å². The van der Waals surface area contributed by atoms with Gasteiger partial charge in [-0.05, 0) is 24.2 Å². The summed E-state index contributed by atoms with van der Waals surface area (Å²) >= 11 is 0. The third kappa shape index (κ3) is 4.07. The van der Waals surface area contributed by atoms with Crippen LogP contribution < -0.4 is 9.64 Å². The Hall–Kier alpha value is -2.83. The third-order valence-electron chi connectivity index (χ3n) is 2.61. The molecule has 0 atom stereocenters. The van der Waals surface area contributed by atoms with E-state index in [1.54, 1.807) is 37.3 Å². The Morgan fingerprint density at radius 1 is 1.33 bits per heavy atom. The molecule has 110 valence electrons. The minimum atomic E-state index is -1.11.